The molecule has 1 unspecified atom stereocenters. The summed E-state index contributed by atoms with van der Waals surface area (Å²) in [6.07, 6.45) is -0.260. The molecule has 0 aliphatic heterocycles. The van der Waals surface area contributed by atoms with E-state index < -0.39 is 41.8 Å². The molecule has 0 saturated heterocycles. The van der Waals surface area contributed by atoms with Crippen LogP contribution in [0.1, 0.15) is 44.6 Å². The number of nitrogens with one attached hydrogen (secondary N) is 1. The van der Waals surface area contributed by atoms with E-state index in [-0.39, 0.29) is 6.04 Å². The molecule has 0 radical (unpaired) electrons. The van der Waals surface area contributed by atoms with Crippen molar-refractivity contribution in [3.05, 3.63) is 34.2 Å². The first-order valence-corrected chi connectivity index (χ1v) is 8.44. The van der Waals surface area contributed by atoms with Crippen molar-refractivity contribution < 1.29 is 27.5 Å². The number of hydrogen-bond donors (Lipinski definition) is 1. The average Bonchev–Trinajstić information content (AvgIpc) is 2.56. The predicted octanol–water partition coefficient (Wildman–Crippen LogP) is 2.25. The lowest BCUT2D eigenvalue weighted by Crippen LogP contribution is -2.43. The van der Waals surface area contributed by atoms with Gasteiger partial charge in [-0.25, -0.2) is 0 Å². The number of esters is 1. The third-order valence-corrected chi connectivity index (χ3v) is 4.24. The molecule has 0 spiro atoms. The Morgan fingerprint density at radius 2 is 1.92 bits per heavy atom. The van der Waals surface area contributed by atoms with Crippen LogP contribution in [0.4, 0.5) is 13.2 Å². The van der Waals surface area contributed by atoms with Crippen LogP contribution in [0.2, 0.25) is 0 Å². The van der Waals surface area contributed by atoms with E-state index in [1.165, 1.54) is 6.92 Å². The van der Waals surface area contributed by atoms with E-state index in [0.29, 0.717) is 16.8 Å². The topological polar surface area (TPSA) is 77.4 Å². The number of halogens is 3. The minimum Gasteiger partial charge on any atom is -0.451 e. The van der Waals surface area contributed by atoms with Crippen LogP contribution in [0, 0.1) is 0 Å². The molecule has 0 aromatic carbocycles. The number of alkyl halides is 3. The maximum atomic E-state index is 12.7. The lowest BCUT2D eigenvalue weighted by atomic mass is 9.95. The van der Waals surface area contributed by atoms with Gasteiger partial charge in [-0.1, -0.05) is 19.3 Å². The van der Waals surface area contributed by atoms with Crippen LogP contribution in [0.25, 0.3) is 0 Å². The highest BCUT2D eigenvalue weighted by Crippen LogP contribution is 2.28. The number of aromatic nitrogens is 1. The first-order valence-electron chi connectivity index (χ1n) is 8.44. The Labute approximate surface area is 148 Å². The van der Waals surface area contributed by atoms with Crippen LogP contribution in [0.3, 0.4) is 0 Å². The van der Waals surface area contributed by atoms with Crippen molar-refractivity contribution >= 4 is 11.9 Å². The fourth-order valence-electron chi connectivity index (χ4n) is 2.82. The Kier molecular flexibility index (Phi) is 6.44. The number of amides is 1. The maximum Gasteiger partial charge on any atom is 0.417 e. The fourth-order valence-corrected chi connectivity index (χ4v) is 2.82. The molecule has 1 aromatic rings. The van der Waals surface area contributed by atoms with Crippen LogP contribution in [0.15, 0.2) is 23.1 Å². The zero-order valence-corrected chi connectivity index (χ0v) is 14.3. The van der Waals surface area contributed by atoms with Gasteiger partial charge in [0.15, 0.2) is 6.10 Å². The van der Waals surface area contributed by atoms with E-state index in [1.807, 2.05) is 0 Å². The van der Waals surface area contributed by atoms with Gasteiger partial charge in [0.2, 0.25) is 0 Å². The molecular formula is C17H21F3N2O4. The summed E-state index contributed by atoms with van der Waals surface area (Å²) >= 11 is 0. The molecule has 1 atom stereocenters. The molecule has 1 fully saturated rings. The van der Waals surface area contributed by atoms with E-state index in [9.17, 15) is 27.6 Å². The van der Waals surface area contributed by atoms with Crippen molar-refractivity contribution in [2.45, 2.75) is 63.9 Å². The van der Waals surface area contributed by atoms with E-state index in [0.717, 1.165) is 38.2 Å². The highest BCUT2D eigenvalue weighted by atomic mass is 19.4. The number of carbonyl (C=O) groups excluding carboxylic acids is 2. The second-order valence-corrected chi connectivity index (χ2v) is 6.36. The first-order chi connectivity index (χ1) is 12.2. The molecule has 1 aliphatic carbocycles. The zero-order valence-electron chi connectivity index (χ0n) is 14.3. The van der Waals surface area contributed by atoms with Crippen molar-refractivity contribution in [1.29, 1.82) is 0 Å². The zero-order chi connectivity index (χ0) is 19.3. The maximum absolute atomic E-state index is 12.7. The van der Waals surface area contributed by atoms with Gasteiger partial charge in [-0.15, -0.1) is 0 Å². The van der Waals surface area contributed by atoms with Gasteiger partial charge in [-0.05, 0) is 25.8 Å². The number of rotatable bonds is 5. The predicted molar refractivity (Wildman–Crippen MR) is 86.3 cm³/mol. The van der Waals surface area contributed by atoms with Crippen molar-refractivity contribution in [1.82, 2.24) is 9.88 Å². The summed E-state index contributed by atoms with van der Waals surface area (Å²) in [6.45, 7) is 0.675. The molecule has 26 heavy (non-hydrogen) atoms. The molecule has 1 saturated carbocycles. The number of nitrogens with zero attached hydrogens (tertiary/aromatic N) is 1. The third kappa shape index (κ3) is 5.60. The number of carbonyl (C=O) groups is 2. The number of ether oxygens (including phenoxy) is 1. The molecule has 6 nitrogen and oxygen atoms in total. The SMILES string of the molecule is CC(OC(=O)Cn1cc(C(F)(F)F)ccc1=O)C(=O)NC1CCCCC1. The second kappa shape index (κ2) is 8.37. The molecule has 9 heteroatoms. The molecule has 144 valence electrons. The molecule has 1 amide bonds. The molecule has 1 heterocycles. The van der Waals surface area contributed by atoms with E-state index in [4.69, 9.17) is 4.74 Å². The van der Waals surface area contributed by atoms with Gasteiger partial charge in [0.1, 0.15) is 6.54 Å². The Morgan fingerprint density at radius 1 is 1.27 bits per heavy atom. The van der Waals surface area contributed by atoms with Crippen molar-refractivity contribution in [3.63, 3.8) is 0 Å². The molecular weight excluding hydrogens is 353 g/mol. The van der Waals surface area contributed by atoms with Gasteiger partial charge >= 0.3 is 12.1 Å². The quantitative estimate of drug-likeness (QED) is 0.802. The van der Waals surface area contributed by atoms with Gasteiger partial charge in [-0.2, -0.15) is 13.2 Å². The lowest BCUT2D eigenvalue weighted by molar-refractivity contribution is -0.155. The minimum atomic E-state index is -4.63. The van der Waals surface area contributed by atoms with Crippen molar-refractivity contribution in [2.24, 2.45) is 0 Å². The smallest absolute Gasteiger partial charge is 0.417 e. The summed E-state index contributed by atoms with van der Waals surface area (Å²) in [5, 5.41) is 2.79. The van der Waals surface area contributed by atoms with Gasteiger partial charge in [0.25, 0.3) is 11.5 Å². The first kappa shape index (κ1) is 20.0. The third-order valence-electron chi connectivity index (χ3n) is 4.24. The normalized spacial score (nSPS) is 16.8. The molecule has 2 rings (SSSR count). The van der Waals surface area contributed by atoms with Gasteiger partial charge in [0, 0.05) is 18.3 Å². The summed E-state index contributed by atoms with van der Waals surface area (Å²) in [5.41, 5.74) is -1.82. The second-order valence-electron chi connectivity index (χ2n) is 6.36. The standard InChI is InChI=1S/C17H21F3N2O4/c1-11(16(25)21-13-5-3-2-4-6-13)26-15(24)10-22-9-12(17(18,19)20)7-8-14(22)23/h7-9,11,13H,2-6,10H2,1H3,(H,21,25). The summed E-state index contributed by atoms with van der Waals surface area (Å²) in [5.74, 6) is -1.42. The Balaban J connectivity index is 1.93. The highest BCUT2D eigenvalue weighted by molar-refractivity contribution is 5.83. The average molecular weight is 374 g/mol. The molecule has 1 aliphatic rings. The fraction of sp³-hybridized carbons (Fsp3) is 0.588. The summed E-state index contributed by atoms with van der Waals surface area (Å²) in [6, 6.07) is 1.42. The van der Waals surface area contributed by atoms with Gasteiger partial charge in [0.05, 0.1) is 5.56 Å². The van der Waals surface area contributed by atoms with E-state index >= 15 is 0 Å². The lowest BCUT2D eigenvalue weighted by Gasteiger charge is -2.24. The number of hydrogen-bond acceptors (Lipinski definition) is 4. The monoisotopic (exact) mass is 374 g/mol. The van der Waals surface area contributed by atoms with E-state index in [2.05, 4.69) is 5.32 Å². The van der Waals surface area contributed by atoms with Crippen LogP contribution in [0.5, 0.6) is 0 Å². The number of pyridine rings is 1. The Hall–Kier alpha value is -2.32. The Bertz CT molecular complexity index is 709. The molecule has 1 aromatic heterocycles. The largest absolute Gasteiger partial charge is 0.451 e. The van der Waals surface area contributed by atoms with Gasteiger partial charge < -0.3 is 14.6 Å². The summed E-state index contributed by atoms with van der Waals surface area (Å²) in [7, 11) is 0. The van der Waals surface area contributed by atoms with E-state index in [1.54, 1.807) is 0 Å². The Morgan fingerprint density at radius 3 is 2.54 bits per heavy atom. The van der Waals surface area contributed by atoms with Crippen LogP contribution in [-0.2, 0) is 27.0 Å². The summed E-state index contributed by atoms with van der Waals surface area (Å²) in [4.78, 5) is 35.6. The van der Waals surface area contributed by atoms with Crippen LogP contribution >= 0.6 is 0 Å². The molecule has 0 bridgehead atoms. The van der Waals surface area contributed by atoms with Gasteiger partial charge in [-0.3, -0.25) is 14.4 Å². The van der Waals surface area contributed by atoms with Crippen LogP contribution in [-0.4, -0.2) is 28.6 Å². The van der Waals surface area contributed by atoms with Crippen LogP contribution < -0.4 is 10.9 Å². The molecule has 1 N–H and O–H groups in total. The summed E-state index contributed by atoms with van der Waals surface area (Å²) < 4.78 is 43.6. The minimum absolute atomic E-state index is 0.0449. The van der Waals surface area contributed by atoms with Crippen molar-refractivity contribution in [2.75, 3.05) is 0 Å². The van der Waals surface area contributed by atoms with Crippen molar-refractivity contribution in [3.8, 4) is 0 Å². The highest BCUT2D eigenvalue weighted by Gasteiger charge is 2.31.